The zero-order valence-electron chi connectivity index (χ0n) is 14.4. The van der Waals surface area contributed by atoms with Gasteiger partial charge in [-0.05, 0) is 47.7 Å². The maximum absolute atomic E-state index is 13.0. The number of hydrogen-bond acceptors (Lipinski definition) is 6. The first kappa shape index (κ1) is 16.2. The minimum absolute atomic E-state index is 0.145. The van der Waals surface area contributed by atoms with E-state index in [0.29, 0.717) is 5.91 Å². The van der Waals surface area contributed by atoms with E-state index in [1.807, 2.05) is 17.4 Å². The molecule has 134 valence electrons. The van der Waals surface area contributed by atoms with Crippen molar-refractivity contribution in [3.8, 4) is 0 Å². The Bertz CT molecular complexity index is 942. The quantitative estimate of drug-likeness (QED) is 0.678. The number of aromatic nitrogens is 2. The molecule has 2 aliphatic heterocycles. The predicted octanol–water partition coefficient (Wildman–Crippen LogP) is 3.55. The number of nitrogens with zero attached hydrogens (tertiary/aromatic N) is 4. The second kappa shape index (κ2) is 6.63. The van der Waals surface area contributed by atoms with Gasteiger partial charge in [0.1, 0.15) is 12.1 Å². The number of hydrogen-bond donors (Lipinski definition) is 0. The summed E-state index contributed by atoms with van der Waals surface area (Å²) < 4.78 is 1.15. The molecule has 0 radical (unpaired) electrons. The lowest BCUT2D eigenvalue weighted by molar-refractivity contribution is -0.137. The Kier molecular flexibility index (Phi) is 4.13. The molecule has 3 aromatic heterocycles. The average Bonchev–Trinajstić information content (AvgIpc) is 3.35. The minimum atomic E-state index is 0.145. The molecule has 0 saturated carbocycles. The highest BCUT2D eigenvalue weighted by Gasteiger charge is 2.31. The Balaban J connectivity index is 1.26. The standard InChI is InChI=1S/C19H20N4OS2/c24-19(23-8-3-16-14(11-23)4-9-25-16)13-1-6-22(7-2-13)18-17-15(5-10-26-17)20-12-21-18/h4-5,9-10,12-13H,1-3,6-8,11H2. The number of piperidine rings is 1. The van der Waals surface area contributed by atoms with Crippen LogP contribution >= 0.6 is 22.7 Å². The lowest BCUT2D eigenvalue weighted by Gasteiger charge is -2.36. The van der Waals surface area contributed by atoms with Crippen molar-refractivity contribution in [2.45, 2.75) is 25.8 Å². The molecule has 0 unspecified atom stereocenters. The van der Waals surface area contributed by atoms with Crippen LogP contribution in [0.3, 0.4) is 0 Å². The molecular weight excluding hydrogens is 364 g/mol. The molecule has 0 spiro atoms. The van der Waals surface area contributed by atoms with E-state index in [0.717, 1.165) is 61.5 Å². The van der Waals surface area contributed by atoms with Crippen molar-refractivity contribution in [3.05, 3.63) is 39.7 Å². The molecule has 3 aromatic rings. The minimum Gasteiger partial charge on any atom is -0.355 e. The van der Waals surface area contributed by atoms with E-state index in [1.165, 1.54) is 10.4 Å². The summed E-state index contributed by atoms with van der Waals surface area (Å²) >= 11 is 3.51. The van der Waals surface area contributed by atoms with Crippen LogP contribution in [0, 0.1) is 5.92 Å². The lowest BCUT2D eigenvalue weighted by atomic mass is 9.94. The molecule has 26 heavy (non-hydrogen) atoms. The molecule has 1 saturated heterocycles. The number of anilines is 1. The Labute approximate surface area is 160 Å². The van der Waals surface area contributed by atoms with Crippen LogP contribution in [-0.2, 0) is 17.8 Å². The van der Waals surface area contributed by atoms with Crippen molar-refractivity contribution >= 4 is 44.6 Å². The molecule has 0 aromatic carbocycles. The number of amides is 1. The number of rotatable bonds is 2. The molecular formula is C19H20N4OS2. The summed E-state index contributed by atoms with van der Waals surface area (Å²) in [7, 11) is 0. The molecule has 1 fully saturated rings. The monoisotopic (exact) mass is 384 g/mol. The second-order valence-corrected chi connectivity index (χ2v) is 8.89. The number of carbonyl (C=O) groups is 1. The van der Waals surface area contributed by atoms with E-state index in [9.17, 15) is 4.79 Å². The first-order valence-electron chi connectivity index (χ1n) is 9.07. The molecule has 0 bridgehead atoms. The van der Waals surface area contributed by atoms with Crippen LogP contribution in [0.1, 0.15) is 23.3 Å². The summed E-state index contributed by atoms with van der Waals surface area (Å²) in [6, 6.07) is 4.21. The van der Waals surface area contributed by atoms with Gasteiger partial charge in [0, 0.05) is 37.0 Å². The van der Waals surface area contributed by atoms with Crippen LogP contribution in [0.2, 0.25) is 0 Å². The van der Waals surface area contributed by atoms with E-state index < -0.39 is 0 Å². The van der Waals surface area contributed by atoms with Crippen molar-refractivity contribution in [1.29, 1.82) is 0 Å². The Morgan fingerprint density at radius 1 is 1.08 bits per heavy atom. The normalized spacial score (nSPS) is 18.3. The fraction of sp³-hybridized carbons (Fsp3) is 0.421. The molecule has 2 aliphatic rings. The van der Waals surface area contributed by atoms with Gasteiger partial charge in [0.05, 0.1) is 10.2 Å². The van der Waals surface area contributed by atoms with Gasteiger partial charge in [0.25, 0.3) is 0 Å². The number of thiophene rings is 2. The Morgan fingerprint density at radius 3 is 2.81 bits per heavy atom. The van der Waals surface area contributed by atoms with E-state index in [-0.39, 0.29) is 5.92 Å². The zero-order chi connectivity index (χ0) is 17.5. The molecule has 5 heterocycles. The largest absolute Gasteiger partial charge is 0.355 e. The van der Waals surface area contributed by atoms with Gasteiger partial charge in [0.2, 0.25) is 5.91 Å². The van der Waals surface area contributed by atoms with Gasteiger partial charge in [-0.2, -0.15) is 0 Å². The van der Waals surface area contributed by atoms with Crippen molar-refractivity contribution in [1.82, 2.24) is 14.9 Å². The second-order valence-electron chi connectivity index (χ2n) is 6.97. The van der Waals surface area contributed by atoms with Crippen LogP contribution in [0.5, 0.6) is 0 Å². The third-order valence-electron chi connectivity index (χ3n) is 5.49. The van der Waals surface area contributed by atoms with Gasteiger partial charge < -0.3 is 9.80 Å². The van der Waals surface area contributed by atoms with Crippen molar-refractivity contribution in [2.75, 3.05) is 24.5 Å². The smallest absolute Gasteiger partial charge is 0.226 e. The molecule has 5 nitrogen and oxygen atoms in total. The highest BCUT2D eigenvalue weighted by atomic mass is 32.1. The maximum atomic E-state index is 13.0. The third kappa shape index (κ3) is 2.79. The van der Waals surface area contributed by atoms with Gasteiger partial charge >= 0.3 is 0 Å². The third-order valence-corrected chi connectivity index (χ3v) is 7.41. The first-order chi connectivity index (χ1) is 12.8. The first-order valence-corrected chi connectivity index (χ1v) is 10.8. The van der Waals surface area contributed by atoms with Crippen molar-refractivity contribution < 1.29 is 4.79 Å². The van der Waals surface area contributed by atoms with Gasteiger partial charge in [-0.1, -0.05) is 0 Å². The van der Waals surface area contributed by atoms with Gasteiger partial charge in [0.15, 0.2) is 0 Å². The van der Waals surface area contributed by atoms with Gasteiger partial charge in [-0.25, -0.2) is 9.97 Å². The molecule has 0 N–H and O–H groups in total. The van der Waals surface area contributed by atoms with Crippen LogP contribution in [0.25, 0.3) is 10.2 Å². The van der Waals surface area contributed by atoms with Crippen LogP contribution < -0.4 is 4.90 Å². The molecule has 0 atom stereocenters. The highest BCUT2D eigenvalue weighted by Crippen LogP contribution is 2.32. The molecule has 7 heteroatoms. The predicted molar refractivity (Wildman–Crippen MR) is 106 cm³/mol. The summed E-state index contributed by atoms with van der Waals surface area (Å²) in [4.78, 5) is 27.7. The summed E-state index contributed by atoms with van der Waals surface area (Å²) in [5, 5.41) is 4.21. The van der Waals surface area contributed by atoms with E-state index in [4.69, 9.17) is 0 Å². The summed E-state index contributed by atoms with van der Waals surface area (Å²) in [6.45, 7) is 3.43. The molecule has 1 amide bonds. The van der Waals surface area contributed by atoms with E-state index in [2.05, 4.69) is 36.6 Å². The topological polar surface area (TPSA) is 49.3 Å². The van der Waals surface area contributed by atoms with Crippen LogP contribution in [0.15, 0.2) is 29.2 Å². The SMILES string of the molecule is O=C(C1CCN(c2ncnc3ccsc23)CC1)N1CCc2sccc2C1. The fourth-order valence-corrected chi connectivity index (χ4v) is 5.79. The van der Waals surface area contributed by atoms with Crippen LogP contribution in [0.4, 0.5) is 5.82 Å². The maximum Gasteiger partial charge on any atom is 0.226 e. The van der Waals surface area contributed by atoms with E-state index >= 15 is 0 Å². The average molecular weight is 385 g/mol. The number of carbonyl (C=O) groups excluding carboxylic acids is 1. The van der Waals surface area contributed by atoms with Gasteiger partial charge in [-0.15, -0.1) is 22.7 Å². The van der Waals surface area contributed by atoms with E-state index in [1.54, 1.807) is 17.7 Å². The van der Waals surface area contributed by atoms with Gasteiger partial charge in [-0.3, -0.25) is 4.79 Å². The van der Waals surface area contributed by atoms with Crippen molar-refractivity contribution in [2.24, 2.45) is 5.92 Å². The molecule has 0 aliphatic carbocycles. The Hall–Kier alpha value is -1.99. The Morgan fingerprint density at radius 2 is 1.92 bits per heavy atom. The fourth-order valence-electron chi connectivity index (χ4n) is 4.03. The number of fused-ring (bicyclic) bond motifs is 2. The van der Waals surface area contributed by atoms with Crippen molar-refractivity contribution in [3.63, 3.8) is 0 Å². The summed E-state index contributed by atoms with van der Waals surface area (Å²) in [6.07, 6.45) is 4.47. The molecule has 5 rings (SSSR count). The van der Waals surface area contributed by atoms with Crippen LogP contribution in [-0.4, -0.2) is 40.4 Å². The summed E-state index contributed by atoms with van der Waals surface area (Å²) in [5.41, 5.74) is 2.35. The zero-order valence-corrected chi connectivity index (χ0v) is 16.1. The lowest BCUT2D eigenvalue weighted by Crippen LogP contribution is -2.44. The highest BCUT2D eigenvalue weighted by molar-refractivity contribution is 7.17. The summed E-state index contributed by atoms with van der Waals surface area (Å²) in [5.74, 6) is 1.51.